The van der Waals surface area contributed by atoms with Crippen LogP contribution in [0.2, 0.25) is 10.0 Å². The van der Waals surface area contributed by atoms with Gasteiger partial charge in [0.2, 0.25) is 21.8 Å². The summed E-state index contributed by atoms with van der Waals surface area (Å²) in [7, 11) is -2.45. The van der Waals surface area contributed by atoms with E-state index in [-0.39, 0.29) is 24.2 Å². The van der Waals surface area contributed by atoms with E-state index in [1.807, 2.05) is 6.92 Å². The lowest BCUT2D eigenvalue weighted by Crippen LogP contribution is -2.53. The minimum Gasteiger partial charge on any atom is -0.495 e. The van der Waals surface area contributed by atoms with Gasteiger partial charge in [-0.3, -0.25) is 13.9 Å². The molecule has 3 rings (SSSR count). The van der Waals surface area contributed by atoms with Crippen LogP contribution in [0.15, 0.2) is 36.4 Å². The molecule has 1 aliphatic carbocycles. The maximum Gasteiger partial charge on any atom is 0.244 e. The maximum absolute atomic E-state index is 13.8. The molecule has 0 aliphatic heterocycles. The fourth-order valence-corrected chi connectivity index (χ4v) is 5.74. The number of anilines is 1. The molecule has 8 nitrogen and oxygen atoms in total. The lowest BCUT2D eigenvalue weighted by atomic mass is 9.95. The van der Waals surface area contributed by atoms with Crippen LogP contribution in [-0.2, 0) is 26.2 Å². The summed E-state index contributed by atoms with van der Waals surface area (Å²) in [6.07, 6.45) is 6.07. The highest BCUT2D eigenvalue weighted by molar-refractivity contribution is 7.92. The quantitative estimate of drug-likeness (QED) is 0.427. The summed E-state index contributed by atoms with van der Waals surface area (Å²) in [6.45, 7) is 2.99. The number of methoxy groups -OCH3 is 1. The molecule has 0 bridgehead atoms. The van der Waals surface area contributed by atoms with Gasteiger partial charge >= 0.3 is 0 Å². The molecule has 1 atom stereocenters. The van der Waals surface area contributed by atoms with Crippen molar-refractivity contribution in [3.63, 3.8) is 0 Å². The monoisotopic (exact) mass is 583 g/mol. The number of hydrogen-bond donors (Lipinski definition) is 1. The van der Waals surface area contributed by atoms with Crippen molar-refractivity contribution in [2.45, 2.75) is 64.6 Å². The highest BCUT2D eigenvalue weighted by atomic mass is 35.5. The molecule has 1 aliphatic rings. The second-order valence-corrected chi connectivity index (χ2v) is 12.5. The predicted octanol–water partition coefficient (Wildman–Crippen LogP) is 4.94. The Kier molecular flexibility index (Phi) is 10.3. The van der Waals surface area contributed by atoms with Gasteiger partial charge in [0.25, 0.3) is 0 Å². The number of aryl methyl sites for hydroxylation is 1. The van der Waals surface area contributed by atoms with Gasteiger partial charge < -0.3 is 15.0 Å². The first-order chi connectivity index (χ1) is 17.9. The van der Waals surface area contributed by atoms with E-state index in [1.165, 1.54) is 12.0 Å². The summed E-state index contributed by atoms with van der Waals surface area (Å²) in [6, 6.07) is 9.26. The van der Waals surface area contributed by atoms with E-state index in [2.05, 4.69) is 5.32 Å². The van der Waals surface area contributed by atoms with Crippen molar-refractivity contribution in [2.75, 3.05) is 24.2 Å². The van der Waals surface area contributed by atoms with E-state index in [9.17, 15) is 18.0 Å². The highest BCUT2D eigenvalue weighted by Crippen LogP contribution is 2.31. The van der Waals surface area contributed by atoms with Crippen molar-refractivity contribution in [3.05, 3.63) is 57.6 Å². The number of hydrogen-bond acceptors (Lipinski definition) is 5. The van der Waals surface area contributed by atoms with Crippen LogP contribution in [0, 0.1) is 6.92 Å². The number of halogens is 2. The predicted molar refractivity (Wildman–Crippen MR) is 151 cm³/mol. The second-order valence-electron chi connectivity index (χ2n) is 9.73. The fourth-order valence-electron chi connectivity index (χ4n) is 4.58. The van der Waals surface area contributed by atoms with Crippen LogP contribution in [-0.4, -0.2) is 57.1 Å². The zero-order valence-electron chi connectivity index (χ0n) is 22.2. The molecule has 38 heavy (non-hydrogen) atoms. The molecule has 0 saturated heterocycles. The first kappa shape index (κ1) is 30.1. The Morgan fingerprint density at radius 1 is 1.08 bits per heavy atom. The Bertz CT molecular complexity index is 1270. The van der Waals surface area contributed by atoms with Gasteiger partial charge in [-0.1, -0.05) is 54.6 Å². The molecule has 2 aromatic carbocycles. The van der Waals surface area contributed by atoms with Crippen LogP contribution in [0.5, 0.6) is 5.75 Å². The topological polar surface area (TPSA) is 96.0 Å². The van der Waals surface area contributed by atoms with Crippen LogP contribution < -0.4 is 14.4 Å². The van der Waals surface area contributed by atoms with E-state index < -0.39 is 28.5 Å². The largest absolute Gasteiger partial charge is 0.495 e. The average molecular weight is 585 g/mol. The van der Waals surface area contributed by atoms with Crippen molar-refractivity contribution in [2.24, 2.45) is 0 Å². The number of carbonyl (C=O) groups excluding carboxylic acids is 2. The first-order valence-corrected chi connectivity index (χ1v) is 15.2. The van der Waals surface area contributed by atoms with Gasteiger partial charge in [-0.05, 0) is 62.1 Å². The standard InChI is InChI=1S/C27H35Cl2N3O5S/c1-18-10-13-25(37-3)24(14-18)32(38(4,35)36)17-26(33)31(16-20-11-12-22(28)23(29)15-20)19(2)27(34)30-21-8-6-5-7-9-21/h10-15,19,21H,5-9,16-17H2,1-4H3,(H,30,34)/t19-/m1/s1. The van der Waals surface area contributed by atoms with Crippen molar-refractivity contribution >= 4 is 50.7 Å². The maximum atomic E-state index is 13.8. The summed E-state index contributed by atoms with van der Waals surface area (Å²) in [4.78, 5) is 28.4. The molecule has 1 saturated carbocycles. The summed E-state index contributed by atoms with van der Waals surface area (Å²) in [5.74, 6) is -0.520. The van der Waals surface area contributed by atoms with Crippen LogP contribution in [0.3, 0.4) is 0 Å². The van der Waals surface area contributed by atoms with Gasteiger partial charge in [-0.2, -0.15) is 0 Å². The summed E-state index contributed by atoms with van der Waals surface area (Å²) in [5, 5.41) is 3.75. The van der Waals surface area contributed by atoms with E-state index in [0.29, 0.717) is 21.4 Å². The fraction of sp³-hybridized carbons (Fsp3) is 0.481. The number of nitrogens with one attached hydrogen (secondary N) is 1. The van der Waals surface area contributed by atoms with Crippen LogP contribution in [0.1, 0.15) is 50.2 Å². The molecular weight excluding hydrogens is 549 g/mol. The van der Waals surface area contributed by atoms with Gasteiger partial charge in [0.15, 0.2) is 0 Å². The van der Waals surface area contributed by atoms with Crippen molar-refractivity contribution in [1.82, 2.24) is 10.2 Å². The molecule has 11 heteroatoms. The Labute approximate surface area is 235 Å². The van der Waals surface area contributed by atoms with Crippen LogP contribution in [0.25, 0.3) is 0 Å². The van der Waals surface area contributed by atoms with Crippen LogP contribution >= 0.6 is 23.2 Å². The molecule has 0 heterocycles. The number of rotatable bonds is 10. The molecule has 2 aromatic rings. The molecule has 0 aromatic heterocycles. The molecule has 1 fully saturated rings. The second kappa shape index (κ2) is 13.0. The Hall–Kier alpha value is -2.49. The lowest BCUT2D eigenvalue weighted by Gasteiger charge is -2.33. The number of carbonyl (C=O) groups is 2. The lowest BCUT2D eigenvalue weighted by molar-refractivity contribution is -0.139. The van der Waals surface area contributed by atoms with Crippen molar-refractivity contribution in [1.29, 1.82) is 0 Å². The molecule has 0 unspecified atom stereocenters. The molecule has 2 amide bonds. The van der Waals surface area contributed by atoms with Gasteiger partial charge in [-0.15, -0.1) is 0 Å². The molecule has 0 radical (unpaired) electrons. The van der Waals surface area contributed by atoms with Crippen molar-refractivity contribution < 1.29 is 22.7 Å². The summed E-state index contributed by atoms with van der Waals surface area (Å²) < 4.78 is 32.1. The normalized spacial score (nSPS) is 15.0. The average Bonchev–Trinajstić information content (AvgIpc) is 2.87. The number of nitrogens with zero attached hydrogens (tertiary/aromatic N) is 2. The molecule has 208 valence electrons. The summed E-state index contributed by atoms with van der Waals surface area (Å²) >= 11 is 12.3. The van der Waals surface area contributed by atoms with E-state index in [4.69, 9.17) is 27.9 Å². The molecular formula is C27H35Cl2N3O5S. The third-order valence-electron chi connectivity index (χ3n) is 6.74. The Balaban J connectivity index is 1.94. The zero-order chi connectivity index (χ0) is 28.0. The smallest absolute Gasteiger partial charge is 0.244 e. The number of benzene rings is 2. The van der Waals surface area contributed by atoms with Gasteiger partial charge in [0.1, 0.15) is 18.3 Å². The Morgan fingerprint density at radius 2 is 1.76 bits per heavy atom. The van der Waals surface area contributed by atoms with Crippen LogP contribution in [0.4, 0.5) is 5.69 Å². The Morgan fingerprint density at radius 3 is 2.37 bits per heavy atom. The highest BCUT2D eigenvalue weighted by Gasteiger charge is 2.32. The minimum atomic E-state index is -3.88. The van der Waals surface area contributed by atoms with E-state index >= 15 is 0 Å². The first-order valence-electron chi connectivity index (χ1n) is 12.6. The van der Waals surface area contributed by atoms with Crippen molar-refractivity contribution in [3.8, 4) is 5.75 Å². The SMILES string of the molecule is COc1ccc(C)cc1N(CC(=O)N(Cc1ccc(Cl)c(Cl)c1)[C@H](C)C(=O)NC1CCCCC1)S(C)(=O)=O. The number of sulfonamides is 1. The van der Waals surface area contributed by atoms with Gasteiger partial charge in [0, 0.05) is 12.6 Å². The molecule has 1 N–H and O–H groups in total. The number of amides is 2. The third-order valence-corrected chi connectivity index (χ3v) is 8.60. The summed E-state index contributed by atoms with van der Waals surface area (Å²) in [5.41, 5.74) is 1.70. The number of ether oxygens (including phenoxy) is 1. The molecule has 0 spiro atoms. The van der Waals surface area contributed by atoms with E-state index in [1.54, 1.807) is 43.3 Å². The zero-order valence-corrected chi connectivity index (χ0v) is 24.5. The minimum absolute atomic E-state index is 0.0392. The third kappa shape index (κ3) is 7.77. The van der Waals surface area contributed by atoms with Gasteiger partial charge in [0.05, 0.1) is 29.1 Å². The van der Waals surface area contributed by atoms with Gasteiger partial charge in [-0.25, -0.2) is 8.42 Å². The van der Waals surface area contributed by atoms with E-state index in [0.717, 1.165) is 48.2 Å².